The fourth-order valence-electron chi connectivity index (χ4n) is 3.17. The lowest BCUT2D eigenvalue weighted by Crippen LogP contribution is -2.53. The van der Waals surface area contributed by atoms with Crippen molar-refractivity contribution in [2.75, 3.05) is 13.1 Å². The molecule has 7 heteroatoms. The average molecular weight is 334 g/mol. The van der Waals surface area contributed by atoms with Crippen LogP contribution >= 0.6 is 0 Å². The summed E-state index contributed by atoms with van der Waals surface area (Å²) in [6.45, 7) is 4.97. The van der Waals surface area contributed by atoms with Crippen molar-refractivity contribution in [3.63, 3.8) is 0 Å². The lowest BCUT2D eigenvalue weighted by molar-refractivity contribution is -0.131. The number of likely N-dealkylation sites (tertiary alicyclic amines) is 1. The summed E-state index contributed by atoms with van der Waals surface area (Å²) in [6.07, 6.45) is 3.02. The summed E-state index contributed by atoms with van der Waals surface area (Å²) in [4.78, 5) is 14.5. The summed E-state index contributed by atoms with van der Waals surface area (Å²) in [5, 5.41) is 7.53. The molecule has 0 aliphatic carbocycles. The Kier molecular flexibility index (Phi) is 4.11. The second-order valence-electron chi connectivity index (χ2n) is 6.58. The van der Waals surface area contributed by atoms with E-state index >= 15 is 0 Å². The van der Waals surface area contributed by atoms with Crippen LogP contribution in [0.3, 0.4) is 0 Å². The molecule has 128 valence electrons. The Hall–Kier alpha value is -2.31. The fourth-order valence-corrected chi connectivity index (χ4v) is 3.17. The van der Waals surface area contributed by atoms with Gasteiger partial charge in [0.25, 0.3) is 11.8 Å². The monoisotopic (exact) mass is 334 g/mol. The molecule has 0 N–H and O–H groups in total. The minimum atomic E-state index is -2.75. The Balaban J connectivity index is 1.95. The van der Waals surface area contributed by atoms with E-state index in [2.05, 4.69) is 10.2 Å². The van der Waals surface area contributed by atoms with Crippen molar-refractivity contribution in [3.8, 4) is 5.69 Å². The van der Waals surface area contributed by atoms with E-state index in [9.17, 15) is 13.6 Å². The summed E-state index contributed by atoms with van der Waals surface area (Å²) in [7, 11) is 0. The van der Waals surface area contributed by atoms with E-state index in [1.54, 1.807) is 10.6 Å². The highest BCUT2D eigenvalue weighted by atomic mass is 19.3. The number of hydrogen-bond acceptors (Lipinski definition) is 3. The van der Waals surface area contributed by atoms with Crippen LogP contribution in [-0.2, 0) is 0 Å². The van der Waals surface area contributed by atoms with Gasteiger partial charge in [0.05, 0.1) is 11.3 Å². The second-order valence-corrected chi connectivity index (χ2v) is 6.58. The molecule has 24 heavy (non-hydrogen) atoms. The van der Waals surface area contributed by atoms with Crippen molar-refractivity contribution in [2.24, 2.45) is 11.8 Å². The molecule has 1 aromatic carbocycles. The number of nitrogens with zero attached hydrogens (tertiary/aromatic N) is 4. The number of amides is 1. The first-order chi connectivity index (χ1) is 11.3. The smallest absolute Gasteiger partial charge is 0.256 e. The number of piperidine rings is 1. The van der Waals surface area contributed by atoms with Gasteiger partial charge in [0.1, 0.15) is 12.7 Å². The zero-order chi connectivity index (χ0) is 17.5. The quantitative estimate of drug-likeness (QED) is 0.848. The zero-order valence-corrected chi connectivity index (χ0v) is 13.9. The Bertz CT molecular complexity index is 731. The molecule has 2 atom stereocenters. The molecule has 0 spiro atoms. The van der Waals surface area contributed by atoms with Gasteiger partial charge in [-0.05, 0) is 19.1 Å². The Morgan fingerprint density at radius 1 is 1.17 bits per heavy atom. The molecule has 1 aliphatic heterocycles. The highest BCUT2D eigenvalue weighted by Crippen LogP contribution is 2.38. The lowest BCUT2D eigenvalue weighted by Gasteiger charge is -2.41. The standard InChI is InChI=1S/C17H20F2N4O/c1-11-4-5-15(23-9-20-21-10-23)14(6-11)16(24)22-7-12(2)17(18,19)13(3)8-22/h4-6,9-10,12-13H,7-8H2,1-3H3. The van der Waals surface area contributed by atoms with Gasteiger partial charge >= 0.3 is 0 Å². The summed E-state index contributed by atoms with van der Waals surface area (Å²) < 4.78 is 29.7. The van der Waals surface area contributed by atoms with Gasteiger partial charge in [-0.1, -0.05) is 25.5 Å². The first kappa shape index (κ1) is 16.5. The van der Waals surface area contributed by atoms with Gasteiger partial charge in [0.15, 0.2) is 0 Å². The van der Waals surface area contributed by atoms with E-state index in [1.807, 2.05) is 19.1 Å². The molecule has 1 aromatic heterocycles. The number of hydrogen-bond donors (Lipinski definition) is 0. The van der Waals surface area contributed by atoms with Crippen molar-refractivity contribution in [3.05, 3.63) is 42.0 Å². The first-order valence-electron chi connectivity index (χ1n) is 7.93. The van der Waals surface area contributed by atoms with E-state index < -0.39 is 17.8 Å². The number of aryl methyl sites for hydroxylation is 1. The zero-order valence-electron chi connectivity index (χ0n) is 13.9. The SMILES string of the molecule is Cc1ccc(-n2cnnc2)c(C(=O)N2CC(C)C(F)(F)C(C)C2)c1. The van der Waals surface area contributed by atoms with E-state index in [4.69, 9.17) is 0 Å². The number of carbonyl (C=O) groups excluding carboxylic acids is 1. The molecule has 0 bridgehead atoms. The maximum absolute atomic E-state index is 14.0. The molecular formula is C17H20F2N4O. The predicted molar refractivity (Wildman–Crippen MR) is 85.3 cm³/mol. The molecule has 2 aromatic rings. The maximum atomic E-state index is 14.0. The minimum Gasteiger partial charge on any atom is -0.338 e. The third-order valence-electron chi connectivity index (χ3n) is 4.67. The normalized spacial score (nSPS) is 23.3. The number of rotatable bonds is 2. The molecule has 5 nitrogen and oxygen atoms in total. The van der Waals surface area contributed by atoms with Crippen molar-refractivity contribution in [1.82, 2.24) is 19.7 Å². The molecule has 0 radical (unpaired) electrons. The summed E-state index contributed by atoms with van der Waals surface area (Å²) in [6, 6.07) is 5.48. The predicted octanol–water partition coefficient (Wildman–Crippen LogP) is 2.94. The number of halogens is 2. The van der Waals surface area contributed by atoms with Crippen LogP contribution in [-0.4, -0.2) is 44.6 Å². The second kappa shape index (κ2) is 5.96. The summed E-state index contributed by atoms with van der Waals surface area (Å²) in [5.74, 6) is -4.72. The van der Waals surface area contributed by atoms with Gasteiger partial charge in [-0.25, -0.2) is 8.78 Å². The molecular weight excluding hydrogens is 314 g/mol. The van der Waals surface area contributed by atoms with Gasteiger partial charge in [0.2, 0.25) is 0 Å². The third kappa shape index (κ3) is 2.79. The maximum Gasteiger partial charge on any atom is 0.256 e. The van der Waals surface area contributed by atoms with Gasteiger partial charge in [-0.2, -0.15) is 0 Å². The number of carbonyl (C=O) groups is 1. The van der Waals surface area contributed by atoms with Crippen LogP contribution in [0.25, 0.3) is 5.69 Å². The van der Waals surface area contributed by atoms with Crippen molar-refractivity contribution in [1.29, 1.82) is 0 Å². The van der Waals surface area contributed by atoms with Gasteiger partial charge < -0.3 is 4.90 Å². The summed E-state index contributed by atoms with van der Waals surface area (Å²) in [5.41, 5.74) is 2.05. The van der Waals surface area contributed by atoms with E-state index in [-0.39, 0.29) is 19.0 Å². The van der Waals surface area contributed by atoms with Gasteiger partial charge in [0, 0.05) is 24.9 Å². The molecule has 3 rings (SSSR count). The lowest BCUT2D eigenvalue weighted by atomic mass is 9.86. The Morgan fingerprint density at radius 3 is 2.33 bits per heavy atom. The van der Waals surface area contributed by atoms with Crippen LogP contribution < -0.4 is 0 Å². The number of benzene rings is 1. The van der Waals surface area contributed by atoms with E-state index in [1.165, 1.54) is 31.4 Å². The number of aromatic nitrogens is 3. The fraction of sp³-hybridized carbons (Fsp3) is 0.471. The Morgan fingerprint density at radius 2 is 1.75 bits per heavy atom. The van der Waals surface area contributed by atoms with Crippen LogP contribution in [0.5, 0.6) is 0 Å². The highest BCUT2D eigenvalue weighted by Gasteiger charge is 2.48. The summed E-state index contributed by atoms with van der Waals surface area (Å²) >= 11 is 0. The minimum absolute atomic E-state index is 0.0474. The van der Waals surface area contributed by atoms with Crippen molar-refractivity contribution < 1.29 is 13.6 Å². The molecule has 1 saturated heterocycles. The van der Waals surface area contributed by atoms with Crippen molar-refractivity contribution >= 4 is 5.91 Å². The van der Waals surface area contributed by atoms with Crippen LogP contribution in [0.4, 0.5) is 8.78 Å². The van der Waals surface area contributed by atoms with Crippen molar-refractivity contribution in [2.45, 2.75) is 26.7 Å². The first-order valence-corrected chi connectivity index (χ1v) is 7.93. The van der Waals surface area contributed by atoms with Crippen LogP contribution in [0.15, 0.2) is 30.9 Å². The molecule has 1 aliphatic rings. The largest absolute Gasteiger partial charge is 0.338 e. The van der Waals surface area contributed by atoms with Gasteiger partial charge in [-0.15, -0.1) is 10.2 Å². The van der Waals surface area contributed by atoms with Crippen LogP contribution in [0.1, 0.15) is 29.8 Å². The topological polar surface area (TPSA) is 51.0 Å². The molecule has 1 fully saturated rings. The van der Waals surface area contributed by atoms with Gasteiger partial charge in [-0.3, -0.25) is 9.36 Å². The van der Waals surface area contributed by atoms with E-state index in [0.717, 1.165) is 5.56 Å². The highest BCUT2D eigenvalue weighted by molar-refractivity contribution is 5.98. The molecule has 0 saturated carbocycles. The average Bonchev–Trinajstić information content (AvgIpc) is 3.06. The van der Waals surface area contributed by atoms with Crippen LogP contribution in [0, 0.1) is 18.8 Å². The van der Waals surface area contributed by atoms with E-state index in [0.29, 0.717) is 11.3 Å². The van der Waals surface area contributed by atoms with Crippen LogP contribution in [0.2, 0.25) is 0 Å². The third-order valence-corrected chi connectivity index (χ3v) is 4.67. The molecule has 2 heterocycles. The molecule has 1 amide bonds. The number of alkyl halides is 2. The molecule has 2 unspecified atom stereocenters. The Labute approximate surface area is 139 Å².